The van der Waals surface area contributed by atoms with Crippen LogP contribution in [0.25, 0.3) is 11.1 Å². The molecule has 0 bridgehead atoms. The molecule has 0 aliphatic heterocycles. The molecule has 0 atom stereocenters. The first-order chi connectivity index (χ1) is 6.66. The van der Waals surface area contributed by atoms with Crippen LogP contribution in [0.1, 0.15) is 5.69 Å². The molecule has 14 heavy (non-hydrogen) atoms. The van der Waals surface area contributed by atoms with Gasteiger partial charge in [-0.25, -0.2) is 0 Å². The molecule has 1 aromatic carbocycles. The summed E-state index contributed by atoms with van der Waals surface area (Å²) in [5.41, 5.74) is 10.2. The fourth-order valence-electron chi connectivity index (χ4n) is 1.51. The number of aromatic nitrogens is 1. The minimum absolute atomic E-state index is 0.807. The van der Waals surface area contributed by atoms with Crippen molar-refractivity contribution in [2.75, 3.05) is 5.73 Å². The molecule has 2 nitrogen and oxygen atoms in total. The summed E-state index contributed by atoms with van der Waals surface area (Å²) >= 11 is 0. The monoisotopic (exact) mass is 186 g/mol. The lowest BCUT2D eigenvalue weighted by Gasteiger charge is -1.97. The molecule has 2 aromatic rings. The van der Waals surface area contributed by atoms with Crippen LogP contribution in [-0.4, -0.2) is 4.57 Å². The Kier molecular flexibility index (Phi) is 2.04. The standard InChI is InChI=1S/C12H14N2/c1-9-7-11(8-14(9)2)10-3-5-12(13)6-4-10/h3-8H,13H2,1-2H3. The minimum atomic E-state index is 0.807. The third-order valence-corrected chi connectivity index (χ3v) is 2.50. The van der Waals surface area contributed by atoms with Crippen molar-refractivity contribution >= 4 is 5.69 Å². The Balaban J connectivity index is 2.44. The Morgan fingerprint density at radius 2 is 1.71 bits per heavy atom. The Bertz CT molecular complexity index is 418. The summed E-state index contributed by atoms with van der Waals surface area (Å²) in [6.45, 7) is 2.10. The van der Waals surface area contributed by atoms with Crippen molar-refractivity contribution in [1.82, 2.24) is 4.57 Å². The molecule has 0 amide bonds. The molecule has 0 fully saturated rings. The first-order valence-electron chi connectivity index (χ1n) is 4.66. The predicted octanol–water partition coefficient (Wildman–Crippen LogP) is 2.58. The van der Waals surface area contributed by atoms with Gasteiger partial charge in [-0.2, -0.15) is 0 Å². The summed E-state index contributed by atoms with van der Waals surface area (Å²) < 4.78 is 2.12. The van der Waals surface area contributed by atoms with Crippen molar-refractivity contribution in [1.29, 1.82) is 0 Å². The third-order valence-electron chi connectivity index (χ3n) is 2.50. The van der Waals surface area contributed by atoms with Crippen LogP contribution < -0.4 is 5.73 Å². The second-order valence-electron chi connectivity index (χ2n) is 3.60. The van der Waals surface area contributed by atoms with Crippen LogP contribution in [0.15, 0.2) is 36.5 Å². The highest BCUT2D eigenvalue weighted by Crippen LogP contribution is 2.22. The van der Waals surface area contributed by atoms with Gasteiger partial charge in [0.25, 0.3) is 0 Å². The van der Waals surface area contributed by atoms with Gasteiger partial charge in [0.05, 0.1) is 0 Å². The maximum absolute atomic E-state index is 5.63. The molecule has 0 unspecified atom stereocenters. The van der Waals surface area contributed by atoms with E-state index in [2.05, 4.69) is 30.8 Å². The number of rotatable bonds is 1. The molecule has 0 aliphatic rings. The van der Waals surface area contributed by atoms with E-state index < -0.39 is 0 Å². The predicted molar refractivity (Wildman–Crippen MR) is 60.0 cm³/mol. The van der Waals surface area contributed by atoms with Crippen LogP contribution in [0.5, 0.6) is 0 Å². The van der Waals surface area contributed by atoms with Crippen LogP contribution >= 0.6 is 0 Å². The molecular formula is C12H14N2. The second-order valence-corrected chi connectivity index (χ2v) is 3.60. The Morgan fingerprint density at radius 3 is 2.21 bits per heavy atom. The molecule has 0 saturated heterocycles. The van der Waals surface area contributed by atoms with Crippen molar-refractivity contribution in [3.8, 4) is 11.1 Å². The van der Waals surface area contributed by atoms with Gasteiger partial charge in [-0.05, 0) is 36.2 Å². The van der Waals surface area contributed by atoms with E-state index in [-0.39, 0.29) is 0 Å². The van der Waals surface area contributed by atoms with Crippen LogP contribution in [-0.2, 0) is 7.05 Å². The first-order valence-corrected chi connectivity index (χ1v) is 4.66. The van der Waals surface area contributed by atoms with Crippen molar-refractivity contribution in [3.05, 3.63) is 42.2 Å². The van der Waals surface area contributed by atoms with Crippen LogP contribution in [0.2, 0.25) is 0 Å². The van der Waals surface area contributed by atoms with Crippen LogP contribution in [0.4, 0.5) is 5.69 Å². The van der Waals surface area contributed by atoms with Gasteiger partial charge in [0.1, 0.15) is 0 Å². The van der Waals surface area contributed by atoms with E-state index >= 15 is 0 Å². The van der Waals surface area contributed by atoms with Gasteiger partial charge in [-0.1, -0.05) is 12.1 Å². The van der Waals surface area contributed by atoms with E-state index in [4.69, 9.17) is 5.73 Å². The zero-order valence-electron chi connectivity index (χ0n) is 8.49. The second kappa shape index (κ2) is 3.22. The largest absolute Gasteiger partial charge is 0.399 e. The summed E-state index contributed by atoms with van der Waals surface area (Å²) in [6.07, 6.45) is 2.13. The summed E-state index contributed by atoms with van der Waals surface area (Å²) in [6, 6.07) is 10.1. The average molecular weight is 186 g/mol. The van der Waals surface area contributed by atoms with Crippen molar-refractivity contribution in [2.24, 2.45) is 7.05 Å². The molecule has 72 valence electrons. The number of hydrogen-bond donors (Lipinski definition) is 1. The van der Waals surface area contributed by atoms with Crippen molar-refractivity contribution in [2.45, 2.75) is 6.92 Å². The maximum atomic E-state index is 5.63. The smallest absolute Gasteiger partial charge is 0.0314 e. The fourth-order valence-corrected chi connectivity index (χ4v) is 1.51. The number of nitrogens with two attached hydrogens (primary N) is 1. The zero-order chi connectivity index (χ0) is 10.1. The molecule has 0 aliphatic carbocycles. The molecule has 0 radical (unpaired) electrons. The molecule has 2 rings (SSSR count). The van der Waals surface area contributed by atoms with E-state index in [9.17, 15) is 0 Å². The van der Waals surface area contributed by atoms with Gasteiger partial charge in [-0.15, -0.1) is 0 Å². The highest BCUT2D eigenvalue weighted by atomic mass is 14.9. The zero-order valence-corrected chi connectivity index (χ0v) is 8.49. The summed E-state index contributed by atoms with van der Waals surface area (Å²) in [5.74, 6) is 0. The Hall–Kier alpha value is -1.70. The van der Waals surface area contributed by atoms with Gasteiger partial charge in [0.15, 0.2) is 0 Å². The van der Waals surface area contributed by atoms with Gasteiger partial charge in [0.2, 0.25) is 0 Å². The fraction of sp³-hybridized carbons (Fsp3) is 0.167. The van der Waals surface area contributed by atoms with E-state index in [1.54, 1.807) is 0 Å². The number of nitrogens with zero attached hydrogens (tertiary/aromatic N) is 1. The normalized spacial score (nSPS) is 10.4. The third kappa shape index (κ3) is 1.51. The number of aryl methyl sites for hydroxylation is 2. The van der Waals surface area contributed by atoms with E-state index in [1.807, 2.05) is 24.3 Å². The Morgan fingerprint density at radius 1 is 1.07 bits per heavy atom. The number of hydrogen-bond acceptors (Lipinski definition) is 1. The van der Waals surface area contributed by atoms with Crippen molar-refractivity contribution in [3.63, 3.8) is 0 Å². The van der Waals surface area contributed by atoms with Gasteiger partial charge >= 0.3 is 0 Å². The minimum Gasteiger partial charge on any atom is -0.399 e. The summed E-state index contributed by atoms with van der Waals surface area (Å²) in [7, 11) is 2.05. The highest BCUT2D eigenvalue weighted by Gasteiger charge is 2.01. The lowest BCUT2D eigenvalue weighted by Crippen LogP contribution is -1.85. The lowest BCUT2D eigenvalue weighted by molar-refractivity contribution is 0.883. The van der Waals surface area contributed by atoms with Gasteiger partial charge < -0.3 is 10.3 Å². The molecule has 0 saturated carbocycles. The van der Waals surface area contributed by atoms with Gasteiger partial charge in [0, 0.05) is 24.6 Å². The summed E-state index contributed by atoms with van der Waals surface area (Å²) in [4.78, 5) is 0. The average Bonchev–Trinajstić information content (AvgIpc) is 2.48. The highest BCUT2D eigenvalue weighted by molar-refractivity contribution is 5.65. The van der Waals surface area contributed by atoms with Crippen LogP contribution in [0, 0.1) is 6.92 Å². The van der Waals surface area contributed by atoms with Gasteiger partial charge in [-0.3, -0.25) is 0 Å². The topological polar surface area (TPSA) is 30.9 Å². The molecular weight excluding hydrogens is 172 g/mol. The summed E-state index contributed by atoms with van der Waals surface area (Å²) in [5, 5.41) is 0. The molecule has 2 heteroatoms. The lowest BCUT2D eigenvalue weighted by atomic mass is 10.1. The van der Waals surface area contributed by atoms with E-state index in [1.165, 1.54) is 16.8 Å². The number of benzene rings is 1. The maximum Gasteiger partial charge on any atom is 0.0314 e. The van der Waals surface area contributed by atoms with E-state index in [0.717, 1.165) is 5.69 Å². The molecule has 0 spiro atoms. The first kappa shape index (κ1) is 8.88. The SMILES string of the molecule is Cc1cc(-c2ccc(N)cc2)cn1C. The molecule has 2 N–H and O–H groups in total. The van der Waals surface area contributed by atoms with E-state index in [0.29, 0.717) is 0 Å². The quantitative estimate of drug-likeness (QED) is 0.682. The molecule has 1 heterocycles. The Labute approximate surface area is 84.0 Å². The number of nitrogen functional groups attached to an aromatic ring is 1. The molecule has 1 aromatic heterocycles. The van der Waals surface area contributed by atoms with Crippen molar-refractivity contribution < 1.29 is 0 Å². The number of anilines is 1. The van der Waals surface area contributed by atoms with Crippen LogP contribution in [0.3, 0.4) is 0 Å².